The molecule has 0 aliphatic heterocycles. The molecule has 204 valence electrons. The average molecular weight is 544 g/mol. The molecule has 12 nitrogen and oxygen atoms in total. The highest BCUT2D eigenvalue weighted by atomic mass is 32.1. The molecule has 0 spiro atoms. The maximum absolute atomic E-state index is 13.4. The summed E-state index contributed by atoms with van der Waals surface area (Å²) in [6, 6.07) is 3.16. The molecule has 0 aliphatic rings. The normalized spacial score (nSPS) is 14.4. The molecule has 4 unspecified atom stereocenters. The first-order valence-corrected chi connectivity index (χ1v) is 12.8. The number of rotatable bonds is 13. The zero-order valence-electron chi connectivity index (χ0n) is 21.1. The molecule has 2 aromatic heterocycles. The first-order valence-electron chi connectivity index (χ1n) is 12.1. The Morgan fingerprint density at radius 1 is 0.974 bits per heavy atom. The van der Waals surface area contributed by atoms with Crippen molar-refractivity contribution in [2.75, 3.05) is 5.75 Å². The van der Waals surface area contributed by atoms with Crippen LogP contribution >= 0.6 is 12.6 Å². The summed E-state index contributed by atoms with van der Waals surface area (Å²) in [5.74, 6) is -3.29. The van der Waals surface area contributed by atoms with Crippen molar-refractivity contribution in [3.05, 3.63) is 54.2 Å². The van der Waals surface area contributed by atoms with Gasteiger partial charge in [-0.25, -0.2) is 9.78 Å². The van der Waals surface area contributed by atoms with Gasteiger partial charge in [-0.2, -0.15) is 12.6 Å². The number of para-hydroxylation sites is 1. The van der Waals surface area contributed by atoms with Gasteiger partial charge in [0.15, 0.2) is 0 Å². The molecule has 8 N–H and O–H groups in total. The van der Waals surface area contributed by atoms with Crippen molar-refractivity contribution in [2.24, 2.45) is 11.7 Å². The minimum absolute atomic E-state index is 0.0305. The minimum Gasteiger partial charge on any atom is -0.480 e. The minimum atomic E-state index is -1.27. The van der Waals surface area contributed by atoms with Crippen LogP contribution in [0.3, 0.4) is 0 Å². The molecule has 3 rings (SSSR count). The number of carbonyl (C=O) groups excluding carboxylic acids is 3. The van der Waals surface area contributed by atoms with E-state index in [0.717, 1.165) is 16.5 Å². The summed E-state index contributed by atoms with van der Waals surface area (Å²) < 4.78 is 0. The Morgan fingerprint density at radius 2 is 1.63 bits per heavy atom. The average Bonchev–Trinajstić information content (AvgIpc) is 3.55. The number of H-pyrrole nitrogens is 2. The van der Waals surface area contributed by atoms with Gasteiger partial charge in [-0.3, -0.25) is 14.4 Å². The van der Waals surface area contributed by atoms with Crippen LogP contribution < -0.4 is 21.7 Å². The largest absolute Gasteiger partial charge is 0.480 e. The van der Waals surface area contributed by atoms with Crippen molar-refractivity contribution >= 4 is 47.2 Å². The number of carboxylic acid groups (broad SMARTS) is 1. The molecule has 0 radical (unpaired) electrons. The van der Waals surface area contributed by atoms with E-state index in [1.54, 1.807) is 20.0 Å². The number of imidazole rings is 1. The lowest BCUT2D eigenvalue weighted by Crippen LogP contribution is -2.58. The number of thiol groups is 1. The number of fused-ring (bicyclic) bond motifs is 1. The lowest BCUT2D eigenvalue weighted by Gasteiger charge is -2.25. The lowest BCUT2D eigenvalue weighted by molar-refractivity contribution is -0.142. The van der Waals surface area contributed by atoms with Crippen molar-refractivity contribution in [1.82, 2.24) is 30.9 Å². The molecule has 38 heavy (non-hydrogen) atoms. The summed E-state index contributed by atoms with van der Waals surface area (Å²) in [6.45, 7) is 3.56. The number of aromatic nitrogens is 3. The number of nitrogens with zero attached hydrogens (tertiary/aromatic N) is 1. The van der Waals surface area contributed by atoms with Crippen molar-refractivity contribution in [1.29, 1.82) is 0 Å². The molecule has 3 amide bonds. The van der Waals surface area contributed by atoms with E-state index < -0.39 is 47.9 Å². The van der Waals surface area contributed by atoms with Crippen LogP contribution in [0, 0.1) is 5.92 Å². The van der Waals surface area contributed by atoms with E-state index in [0.29, 0.717) is 5.69 Å². The van der Waals surface area contributed by atoms with Crippen LogP contribution in [0.1, 0.15) is 25.1 Å². The zero-order chi connectivity index (χ0) is 27.8. The number of hydrogen-bond donors (Lipinski definition) is 8. The van der Waals surface area contributed by atoms with Crippen LogP contribution in [-0.4, -0.2) is 73.7 Å². The number of nitrogens with two attached hydrogens (primary N) is 1. The van der Waals surface area contributed by atoms with Gasteiger partial charge in [-0.1, -0.05) is 32.0 Å². The van der Waals surface area contributed by atoms with E-state index in [1.165, 1.54) is 12.5 Å². The number of amides is 3. The fourth-order valence-corrected chi connectivity index (χ4v) is 4.11. The number of benzene rings is 1. The smallest absolute Gasteiger partial charge is 0.326 e. The molecule has 0 saturated heterocycles. The Bertz CT molecular complexity index is 1260. The highest BCUT2D eigenvalue weighted by Gasteiger charge is 2.31. The molecular formula is C25H33N7O5S. The van der Waals surface area contributed by atoms with E-state index >= 15 is 0 Å². The highest BCUT2D eigenvalue weighted by molar-refractivity contribution is 7.80. The Kier molecular flexibility index (Phi) is 9.91. The summed E-state index contributed by atoms with van der Waals surface area (Å²) in [5.41, 5.74) is 8.01. The van der Waals surface area contributed by atoms with E-state index in [-0.39, 0.29) is 24.5 Å². The van der Waals surface area contributed by atoms with Gasteiger partial charge in [0.1, 0.15) is 18.1 Å². The number of carbonyl (C=O) groups is 4. The molecule has 0 saturated carbocycles. The molecule has 0 bridgehead atoms. The van der Waals surface area contributed by atoms with E-state index in [9.17, 15) is 24.3 Å². The van der Waals surface area contributed by atoms with Crippen molar-refractivity contribution in [2.45, 2.75) is 50.9 Å². The molecular weight excluding hydrogens is 510 g/mol. The third-order valence-electron chi connectivity index (χ3n) is 6.16. The fraction of sp³-hybridized carbons (Fsp3) is 0.400. The fourth-order valence-electron chi connectivity index (χ4n) is 3.86. The molecule has 2 heterocycles. The summed E-state index contributed by atoms with van der Waals surface area (Å²) in [6.07, 6.45) is 4.65. The van der Waals surface area contributed by atoms with Crippen LogP contribution in [0.5, 0.6) is 0 Å². The third-order valence-corrected chi connectivity index (χ3v) is 6.53. The SMILES string of the molecule is CC(C)C(N)C(=O)NC(CS)C(=O)NC(Cc1c[nH]c2ccccc12)C(=O)NC(Cc1cnc[nH]1)C(=O)O. The van der Waals surface area contributed by atoms with Crippen LogP contribution in [0.15, 0.2) is 43.0 Å². The number of aliphatic carboxylic acids is 1. The predicted octanol–water partition coefficient (Wildman–Crippen LogP) is 0.128. The molecule has 3 aromatic rings. The monoisotopic (exact) mass is 543 g/mol. The standard InChI is InChI=1S/C25H33N7O5S/c1-13(2)21(26)24(35)32-20(11-38)23(34)30-18(7-14-9-28-17-6-4-3-5-16(14)17)22(33)31-19(25(36)37)8-15-10-27-12-29-15/h3-6,9-10,12-13,18-21,28,38H,7-8,11,26H2,1-2H3,(H,27,29)(H,30,34)(H,31,33)(H,32,35)(H,36,37). The van der Waals surface area contributed by atoms with E-state index in [4.69, 9.17) is 5.73 Å². The maximum Gasteiger partial charge on any atom is 0.326 e. The Hall–Kier alpha value is -3.84. The van der Waals surface area contributed by atoms with Crippen LogP contribution in [0.25, 0.3) is 10.9 Å². The topological polar surface area (TPSA) is 195 Å². The summed E-state index contributed by atoms with van der Waals surface area (Å²) in [5, 5.41) is 18.3. The van der Waals surface area contributed by atoms with Gasteiger partial charge in [0.05, 0.1) is 12.4 Å². The van der Waals surface area contributed by atoms with Gasteiger partial charge in [0.25, 0.3) is 0 Å². The predicted molar refractivity (Wildman–Crippen MR) is 144 cm³/mol. The molecule has 4 atom stereocenters. The second kappa shape index (κ2) is 13.1. The lowest BCUT2D eigenvalue weighted by atomic mass is 10.0. The van der Waals surface area contributed by atoms with Gasteiger partial charge in [-0.05, 0) is 17.5 Å². The summed E-state index contributed by atoms with van der Waals surface area (Å²) in [4.78, 5) is 60.7. The number of aromatic amines is 2. The number of carboxylic acids is 1. The van der Waals surface area contributed by atoms with Crippen LogP contribution in [-0.2, 0) is 32.0 Å². The van der Waals surface area contributed by atoms with Crippen LogP contribution in [0.2, 0.25) is 0 Å². The van der Waals surface area contributed by atoms with Gasteiger partial charge in [0.2, 0.25) is 17.7 Å². The molecule has 0 fully saturated rings. The molecule has 1 aromatic carbocycles. The first kappa shape index (κ1) is 28.7. The van der Waals surface area contributed by atoms with Gasteiger partial charge >= 0.3 is 5.97 Å². The highest BCUT2D eigenvalue weighted by Crippen LogP contribution is 2.19. The van der Waals surface area contributed by atoms with E-state index in [2.05, 4.69) is 43.5 Å². The first-order chi connectivity index (χ1) is 18.1. The van der Waals surface area contributed by atoms with E-state index in [1.807, 2.05) is 24.3 Å². The molecule has 13 heteroatoms. The van der Waals surface area contributed by atoms with Crippen LogP contribution in [0.4, 0.5) is 0 Å². The number of hydrogen-bond acceptors (Lipinski definition) is 7. The number of nitrogens with one attached hydrogen (secondary N) is 5. The maximum atomic E-state index is 13.4. The Labute approximate surface area is 225 Å². The summed E-state index contributed by atoms with van der Waals surface area (Å²) >= 11 is 4.18. The second-order valence-electron chi connectivity index (χ2n) is 9.32. The third kappa shape index (κ3) is 7.35. The van der Waals surface area contributed by atoms with Gasteiger partial charge in [-0.15, -0.1) is 0 Å². The Balaban J connectivity index is 1.82. The van der Waals surface area contributed by atoms with Gasteiger partial charge < -0.3 is 36.8 Å². The zero-order valence-corrected chi connectivity index (χ0v) is 22.0. The van der Waals surface area contributed by atoms with Crippen molar-refractivity contribution in [3.8, 4) is 0 Å². The Morgan fingerprint density at radius 3 is 2.26 bits per heavy atom. The van der Waals surface area contributed by atoms with Crippen molar-refractivity contribution < 1.29 is 24.3 Å². The molecule has 0 aliphatic carbocycles. The summed E-state index contributed by atoms with van der Waals surface area (Å²) in [7, 11) is 0. The van der Waals surface area contributed by atoms with Crippen molar-refractivity contribution in [3.63, 3.8) is 0 Å². The quantitative estimate of drug-likeness (QED) is 0.140. The second-order valence-corrected chi connectivity index (χ2v) is 9.68. The van der Waals surface area contributed by atoms with Gasteiger partial charge in [0, 0.05) is 47.6 Å².